The lowest BCUT2D eigenvalue weighted by atomic mass is 10.1. The molecule has 1 aromatic rings. The second-order valence-electron chi connectivity index (χ2n) is 2.99. The molecule has 0 spiro atoms. The number of pyridine rings is 1. The molecule has 0 radical (unpaired) electrons. The summed E-state index contributed by atoms with van der Waals surface area (Å²) >= 11 is 0. The Hall–Kier alpha value is -1.38. The average Bonchev–Trinajstić information content (AvgIpc) is 2.18. The molecule has 1 heterocycles. The Balaban J connectivity index is 2.62. The fraction of sp³-hybridized carbons (Fsp3) is 0.455. The third-order valence-corrected chi connectivity index (χ3v) is 1.90. The highest BCUT2D eigenvalue weighted by Gasteiger charge is 2.04. The monoisotopic (exact) mass is 193 g/mol. The molecular formula is C11H15NO2. The molecule has 0 atom stereocenters. The molecule has 0 saturated heterocycles. The van der Waals surface area contributed by atoms with Gasteiger partial charge in [0.2, 0.25) is 0 Å². The Kier molecular flexibility index (Phi) is 4.11. The zero-order chi connectivity index (χ0) is 10.4. The van der Waals surface area contributed by atoms with Crippen molar-refractivity contribution in [3.63, 3.8) is 0 Å². The Morgan fingerprint density at radius 2 is 2.29 bits per heavy atom. The van der Waals surface area contributed by atoms with E-state index in [9.17, 15) is 4.79 Å². The lowest BCUT2D eigenvalue weighted by Gasteiger charge is -2.02. The van der Waals surface area contributed by atoms with Crippen LogP contribution in [0, 0.1) is 0 Å². The van der Waals surface area contributed by atoms with Gasteiger partial charge in [0.05, 0.1) is 13.0 Å². The third-order valence-electron chi connectivity index (χ3n) is 1.90. The SMILES string of the molecule is CCOC(=O)Cc1ccnc(CC)c1. The van der Waals surface area contributed by atoms with Gasteiger partial charge >= 0.3 is 5.97 Å². The second kappa shape index (κ2) is 5.37. The maximum Gasteiger partial charge on any atom is 0.310 e. The van der Waals surface area contributed by atoms with E-state index in [1.54, 1.807) is 6.20 Å². The Morgan fingerprint density at radius 1 is 1.50 bits per heavy atom. The minimum Gasteiger partial charge on any atom is -0.466 e. The van der Waals surface area contributed by atoms with Crippen molar-refractivity contribution < 1.29 is 9.53 Å². The number of rotatable bonds is 4. The molecular weight excluding hydrogens is 178 g/mol. The van der Waals surface area contributed by atoms with Crippen molar-refractivity contribution in [2.75, 3.05) is 6.61 Å². The summed E-state index contributed by atoms with van der Waals surface area (Å²) in [5.41, 5.74) is 1.97. The van der Waals surface area contributed by atoms with E-state index < -0.39 is 0 Å². The minimum absolute atomic E-state index is 0.180. The summed E-state index contributed by atoms with van der Waals surface area (Å²) in [6.07, 6.45) is 2.95. The van der Waals surface area contributed by atoms with Gasteiger partial charge in [0.15, 0.2) is 0 Å². The Labute approximate surface area is 84.1 Å². The molecule has 0 amide bonds. The first-order chi connectivity index (χ1) is 6.76. The number of nitrogens with zero attached hydrogens (tertiary/aromatic N) is 1. The van der Waals surface area contributed by atoms with Gasteiger partial charge in [-0.1, -0.05) is 6.92 Å². The molecule has 0 bridgehead atoms. The van der Waals surface area contributed by atoms with Gasteiger partial charge in [-0.2, -0.15) is 0 Å². The number of carbonyl (C=O) groups is 1. The highest BCUT2D eigenvalue weighted by atomic mass is 16.5. The molecule has 0 aliphatic carbocycles. The Bertz CT molecular complexity index is 310. The maximum atomic E-state index is 11.2. The maximum absolute atomic E-state index is 11.2. The zero-order valence-electron chi connectivity index (χ0n) is 8.62. The van der Waals surface area contributed by atoms with Crippen molar-refractivity contribution in [2.24, 2.45) is 0 Å². The predicted octanol–water partition coefficient (Wildman–Crippen LogP) is 1.75. The van der Waals surface area contributed by atoms with E-state index >= 15 is 0 Å². The molecule has 3 nitrogen and oxygen atoms in total. The van der Waals surface area contributed by atoms with E-state index in [1.165, 1.54) is 0 Å². The van der Waals surface area contributed by atoms with Gasteiger partial charge < -0.3 is 4.74 Å². The summed E-state index contributed by atoms with van der Waals surface area (Å²) in [4.78, 5) is 15.3. The number of aryl methyl sites for hydroxylation is 1. The first kappa shape index (κ1) is 10.7. The fourth-order valence-corrected chi connectivity index (χ4v) is 1.21. The molecule has 0 saturated carbocycles. The van der Waals surface area contributed by atoms with Crippen LogP contribution in [0.5, 0.6) is 0 Å². The van der Waals surface area contributed by atoms with Crippen LogP contribution in [0.25, 0.3) is 0 Å². The smallest absolute Gasteiger partial charge is 0.310 e. The standard InChI is InChI=1S/C11H15NO2/c1-3-10-7-9(5-6-12-10)8-11(13)14-4-2/h5-7H,3-4,8H2,1-2H3. The number of ether oxygens (including phenoxy) is 1. The van der Waals surface area contributed by atoms with Crippen molar-refractivity contribution >= 4 is 5.97 Å². The number of hydrogen-bond donors (Lipinski definition) is 0. The van der Waals surface area contributed by atoms with Gasteiger partial charge in [-0.15, -0.1) is 0 Å². The van der Waals surface area contributed by atoms with E-state index in [0.717, 1.165) is 17.7 Å². The average molecular weight is 193 g/mol. The highest BCUT2D eigenvalue weighted by molar-refractivity contribution is 5.72. The molecule has 14 heavy (non-hydrogen) atoms. The summed E-state index contributed by atoms with van der Waals surface area (Å²) in [7, 11) is 0. The third kappa shape index (κ3) is 3.17. The second-order valence-corrected chi connectivity index (χ2v) is 2.99. The topological polar surface area (TPSA) is 39.2 Å². The molecule has 0 aliphatic heterocycles. The fourth-order valence-electron chi connectivity index (χ4n) is 1.21. The van der Waals surface area contributed by atoms with Crippen molar-refractivity contribution in [3.8, 4) is 0 Å². The summed E-state index contributed by atoms with van der Waals surface area (Å²) in [5, 5.41) is 0. The van der Waals surface area contributed by atoms with Crippen molar-refractivity contribution in [3.05, 3.63) is 29.6 Å². The van der Waals surface area contributed by atoms with E-state index in [-0.39, 0.29) is 5.97 Å². The quantitative estimate of drug-likeness (QED) is 0.684. The van der Waals surface area contributed by atoms with Crippen LogP contribution in [0.2, 0.25) is 0 Å². The lowest BCUT2D eigenvalue weighted by molar-refractivity contribution is -0.142. The normalized spacial score (nSPS) is 9.86. The van der Waals surface area contributed by atoms with Crippen LogP contribution in [-0.4, -0.2) is 17.6 Å². The van der Waals surface area contributed by atoms with Crippen molar-refractivity contribution in [1.82, 2.24) is 4.98 Å². The Morgan fingerprint density at radius 3 is 2.93 bits per heavy atom. The van der Waals surface area contributed by atoms with Crippen LogP contribution >= 0.6 is 0 Å². The number of aromatic nitrogens is 1. The van der Waals surface area contributed by atoms with Crippen LogP contribution in [0.1, 0.15) is 25.1 Å². The van der Waals surface area contributed by atoms with E-state index in [1.807, 2.05) is 26.0 Å². The lowest BCUT2D eigenvalue weighted by Crippen LogP contribution is -2.07. The highest BCUT2D eigenvalue weighted by Crippen LogP contribution is 2.04. The van der Waals surface area contributed by atoms with Gasteiger partial charge in [0.25, 0.3) is 0 Å². The van der Waals surface area contributed by atoms with Crippen LogP contribution in [-0.2, 0) is 22.4 Å². The van der Waals surface area contributed by atoms with Crippen LogP contribution in [0.3, 0.4) is 0 Å². The van der Waals surface area contributed by atoms with E-state index in [4.69, 9.17) is 4.74 Å². The van der Waals surface area contributed by atoms with E-state index in [0.29, 0.717) is 13.0 Å². The summed E-state index contributed by atoms with van der Waals surface area (Å²) in [6, 6.07) is 3.78. The van der Waals surface area contributed by atoms with Gasteiger partial charge in [0, 0.05) is 11.9 Å². The molecule has 0 aromatic carbocycles. The molecule has 0 aliphatic rings. The zero-order valence-corrected chi connectivity index (χ0v) is 8.62. The largest absolute Gasteiger partial charge is 0.466 e. The molecule has 0 N–H and O–H groups in total. The van der Waals surface area contributed by atoms with Gasteiger partial charge in [-0.05, 0) is 31.0 Å². The van der Waals surface area contributed by atoms with Crippen molar-refractivity contribution in [1.29, 1.82) is 0 Å². The molecule has 0 fully saturated rings. The van der Waals surface area contributed by atoms with Crippen LogP contribution in [0.15, 0.2) is 18.3 Å². The molecule has 1 aromatic heterocycles. The summed E-state index contributed by atoms with van der Waals surface area (Å²) in [5.74, 6) is -0.180. The molecule has 76 valence electrons. The van der Waals surface area contributed by atoms with Crippen LogP contribution < -0.4 is 0 Å². The molecule has 0 unspecified atom stereocenters. The van der Waals surface area contributed by atoms with Gasteiger partial charge in [0.1, 0.15) is 0 Å². The first-order valence-corrected chi connectivity index (χ1v) is 4.85. The first-order valence-electron chi connectivity index (χ1n) is 4.85. The van der Waals surface area contributed by atoms with E-state index in [2.05, 4.69) is 4.98 Å². The van der Waals surface area contributed by atoms with Crippen molar-refractivity contribution in [2.45, 2.75) is 26.7 Å². The minimum atomic E-state index is -0.180. The number of carbonyl (C=O) groups excluding carboxylic acids is 1. The van der Waals surface area contributed by atoms with Crippen LogP contribution in [0.4, 0.5) is 0 Å². The molecule has 1 rings (SSSR count). The van der Waals surface area contributed by atoms with Gasteiger partial charge in [-0.25, -0.2) is 0 Å². The number of hydrogen-bond acceptors (Lipinski definition) is 3. The molecule has 3 heteroatoms. The number of esters is 1. The summed E-state index contributed by atoms with van der Waals surface area (Å²) < 4.78 is 4.86. The summed E-state index contributed by atoms with van der Waals surface area (Å²) in [6.45, 7) is 4.28. The predicted molar refractivity (Wildman–Crippen MR) is 54.0 cm³/mol. The van der Waals surface area contributed by atoms with Gasteiger partial charge in [-0.3, -0.25) is 9.78 Å².